The van der Waals surface area contributed by atoms with Gasteiger partial charge >= 0.3 is 5.97 Å². The Morgan fingerprint density at radius 3 is 2.78 bits per heavy atom. The summed E-state index contributed by atoms with van der Waals surface area (Å²) in [6.45, 7) is 2.21. The molecule has 0 aliphatic carbocycles. The van der Waals surface area contributed by atoms with E-state index in [0.717, 1.165) is 0 Å². The zero-order chi connectivity index (χ0) is 13.3. The van der Waals surface area contributed by atoms with Crippen LogP contribution in [0.25, 0.3) is 0 Å². The van der Waals surface area contributed by atoms with E-state index in [1.165, 1.54) is 23.2 Å². The van der Waals surface area contributed by atoms with Crippen LogP contribution >= 0.6 is 0 Å². The molecule has 18 heavy (non-hydrogen) atoms. The van der Waals surface area contributed by atoms with Gasteiger partial charge in [-0.15, -0.1) is 0 Å². The third kappa shape index (κ3) is 2.18. The minimum Gasteiger partial charge on any atom is -0.481 e. The number of aromatic nitrogens is 1. The zero-order valence-corrected chi connectivity index (χ0v) is 9.84. The molecule has 1 amide bonds. The standard InChI is InChI=1S/C12H13FN2O3/c1-7-5-15(6-9(7)12(17)18)11(16)8-3-2-4-14-10(8)13/h2-4,7,9H,5-6H2,1H3,(H,17,18)/t7-,9-/m1/s1. The van der Waals surface area contributed by atoms with Crippen molar-refractivity contribution in [2.45, 2.75) is 6.92 Å². The van der Waals surface area contributed by atoms with Gasteiger partial charge in [0.15, 0.2) is 0 Å². The fourth-order valence-corrected chi connectivity index (χ4v) is 2.17. The smallest absolute Gasteiger partial charge is 0.308 e. The summed E-state index contributed by atoms with van der Waals surface area (Å²) in [5, 5.41) is 8.98. The minimum atomic E-state index is -0.926. The van der Waals surface area contributed by atoms with Crippen molar-refractivity contribution in [3.05, 3.63) is 29.8 Å². The summed E-state index contributed by atoms with van der Waals surface area (Å²) >= 11 is 0. The zero-order valence-electron chi connectivity index (χ0n) is 9.84. The maximum Gasteiger partial charge on any atom is 0.308 e. The maximum absolute atomic E-state index is 13.4. The number of amides is 1. The van der Waals surface area contributed by atoms with Crippen LogP contribution in [-0.2, 0) is 4.79 Å². The van der Waals surface area contributed by atoms with Gasteiger partial charge in [0, 0.05) is 19.3 Å². The van der Waals surface area contributed by atoms with Gasteiger partial charge in [0.1, 0.15) is 0 Å². The van der Waals surface area contributed by atoms with Crippen LogP contribution in [0, 0.1) is 17.8 Å². The molecule has 1 aromatic heterocycles. The maximum atomic E-state index is 13.4. The summed E-state index contributed by atoms with van der Waals surface area (Å²) in [4.78, 5) is 27.8. The van der Waals surface area contributed by atoms with Crippen LogP contribution in [0.5, 0.6) is 0 Å². The number of pyridine rings is 1. The second kappa shape index (κ2) is 4.72. The number of halogens is 1. The first kappa shape index (κ1) is 12.5. The molecule has 1 fully saturated rings. The Labute approximate surface area is 103 Å². The van der Waals surface area contributed by atoms with E-state index in [1.807, 2.05) is 0 Å². The lowest BCUT2D eigenvalue weighted by Crippen LogP contribution is -2.30. The Morgan fingerprint density at radius 1 is 1.50 bits per heavy atom. The molecule has 1 N–H and O–H groups in total. The van der Waals surface area contributed by atoms with Crippen LogP contribution in [0.15, 0.2) is 18.3 Å². The molecular weight excluding hydrogens is 239 g/mol. The number of rotatable bonds is 2. The van der Waals surface area contributed by atoms with Crippen molar-refractivity contribution in [2.75, 3.05) is 13.1 Å². The first-order chi connectivity index (χ1) is 8.50. The molecule has 1 aliphatic heterocycles. The number of hydrogen-bond donors (Lipinski definition) is 1. The molecular formula is C12H13FN2O3. The molecule has 0 unspecified atom stereocenters. The van der Waals surface area contributed by atoms with Crippen molar-refractivity contribution in [1.29, 1.82) is 0 Å². The van der Waals surface area contributed by atoms with E-state index in [0.29, 0.717) is 6.54 Å². The second-order valence-corrected chi connectivity index (χ2v) is 4.47. The molecule has 1 aromatic rings. The Kier molecular flexibility index (Phi) is 3.27. The van der Waals surface area contributed by atoms with E-state index in [4.69, 9.17) is 5.11 Å². The molecule has 0 spiro atoms. The first-order valence-corrected chi connectivity index (χ1v) is 5.63. The lowest BCUT2D eigenvalue weighted by atomic mass is 9.99. The highest BCUT2D eigenvalue weighted by atomic mass is 19.1. The molecule has 1 saturated heterocycles. The molecule has 5 nitrogen and oxygen atoms in total. The summed E-state index contributed by atoms with van der Waals surface area (Å²) in [5.74, 6) is -2.98. The number of carbonyl (C=O) groups is 2. The Hall–Kier alpha value is -1.98. The van der Waals surface area contributed by atoms with E-state index in [2.05, 4.69) is 4.98 Å². The third-order valence-electron chi connectivity index (χ3n) is 3.21. The van der Waals surface area contributed by atoms with Crippen molar-refractivity contribution < 1.29 is 19.1 Å². The highest BCUT2D eigenvalue weighted by molar-refractivity contribution is 5.94. The lowest BCUT2D eigenvalue weighted by molar-refractivity contribution is -0.142. The molecule has 2 rings (SSSR count). The SMILES string of the molecule is C[C@@H]1CN(C(=O)c2cccnc2F)C[C@H]1C(=O)O. The molecule has 0 bridgehead atoms. The Morgan fingerprint density at radius 2 is 2.22 bits per heavy atom. The Balaban J connectivity index is 2.17. The third-order valence-corrected chi connectivity index (χ3v) is 3.21. The van der Waals surface area contributed by atoms with Crippen LogP contribution in [0.4, 0.5) is 4.39 Å². The van der Waals surface area contributed by atoms with Crippen LogP contribution < -0.4 is 0 Å². The number of likely N-dealkylation sites (tertiary alicyclic amines) is 1. The number of carbonyl (C=O) groups excluding carboxylic acids is 1. The normalized spacial score (nSPS) is 23.1. The lowest BCUT2D eigenvalue weighted by Gasteiger charge is -2.15. The molecule has 1 aliphatic rings. The van der Waals surface area contributed by atoms with E-state index >= 15 is 0 Å². The van der Waals surface area contributed by atoms with Gasteiger partial charge in [-0.2, -0.15) is 4.39 Å². The average Bonchev–Trinajstić information content (AvgIpc) is 2.71. The molecule has 0 radical (unpaired) electrons. The van der Waals surface area contributed by atoms with Gasteiger partial charge in [0.05, 0.1) is 11.5 Å². The quantitative estimate of drug-likeness (QED) is 0.797. The minimum absolute atomic E-state index is 0.115. The second-order valence-electron chi connectivity index (χ2n) is 4.47. The van der Waals surface area contributed by atoms with Gasteiger partial charge in [-0.05, 0) is 18.1 Å². The molecule has 6 heteroatoms. The van der Waals surface area contributed by atoms with Crippen molar-refractivity contribution >= 4 is 11.9 Å². The largest absolute Gasteiger partial charge is 0.481 e. The first-order valence-electron chi connectivity index (χ1n) is 5.63. The highest BCUT2D eigenvalue weighted by Crippen LogP contribution is 2.24. The van der Waals surface area contributed by atoms with Crippen LogP contribution in [0.1, 0.15) is 17.3 Å². The predicted molar refractivity (Wildman–Crippen MR) is 60.4 cm³/mol. The van der Waals surface area contributed by atoms with Crippen LogP contribution in [0.3, 0.4) is 0 Å². The molecule has 96 valence electrons. The van der Waals surface area contributed by atoms with Crippen LogP contribution in [-0.4, -0.2) is 40.0 Å². The van der Waals surface area contributed by atoms with Gasteiger partial charge in [-0.1, -0.05) is 6.92 Å². The van der Waals surface area contributed by atoms with Crippen molar-refractivity contribution in [3.63, 3.8) is 0 Å². The van der Waals surface area contributed by atoms with Gasteiger partial charge in [-0.3, -0.25) is 9.59 Å². The molecule has 2 atom stereocenters. The van der Waals surface area contributed by atoms with Crippen LogP contribution in [0.2, 0.25) is 0 Å². The average molecular weight is 252 g/mol. The highest BCUT2D eigenvalue weighted by Gasteiger charge is 2.37. The number of carboxylic acids is 1. The Bertz CT molecular complexity index is 492. The summed E-state index contributed by atoms with van der Waals surface area (Å²) in [7, 11) is 0. The van der Waals surface area contributed by atoms with Crippen molar-refractivity contribution in [2.24, 2.45) is 11.8 Å². The van der Waals surface area contributed by atoms with Gasteiger partial charge in [0.2, 0.25) is 5.95 Å². The number of hydrogen-bond acceptors (Lipinski definition) is 3. The van der Waals surface area contributed by atoms with Gasteiger partial charge in [-0.25, -0.2) is 4.98 Å². The van der Waals surface area contributed by atoms with Gasteiger partial charge in [0.25, 0.3) is 5.91 Å². The fourth-order valence-electron chi connectivity index (χ4n) is 2.17. The van der Waals surface area contributed by atoms with Gasteiger partial charge < -0.3 is 10.0 Å². The molecule has 2 heterocycles. The van der Waals surface area contributed by atoms with E-state index in [-0.39, 0.29) is 18.0 Å². The molecule has 0 saturated carbocycles. The van der Waals surface area contributed by atoms with Crippen molar-refractivity contribution in [1.82, 2.24) is 9.88 Å². The topological polar surface area (TPSA) is 70.5 Å². The summed E-state index contributed by atoms with van der Waals surface area (Å²) in [6.07, 6.45) is 1.26. The number of carboxylic acid groups (broad SMARTS) is 1. The number of nitrogens with zero attached hydrogens (tertiary/aromatic N) is 2. The number of aliphatic carboxylic acids is 1. The van der Waals surface area contributed by atoms with E-state index < -0.39 is 23.7 Å². The summed E-state index contributed by atoms with van der Waals surface area (Å²) in [6, 6.07) is 2.83. The van der Waals surface area contributed by atoms with Crippen molar-refractivity contribution in [3.8, 4) is 0 Å². The monoisotopic (exact) mass is 252 g/mol. The summed E-state index contributed by atoms with van der Waals surface area (Å²) < 4.78 is 13.4. The van der Waals surface area contributed by atoms with E-state index in [9.17, 15) is 14.0 Å². The summed E-state index contributed by atoms with van der Waals surface area (Å²) in [5.41, 5.74) is -0.115. The predicted octanol–water partition coefficient (Wildman–Crippen LogP) is 1.01. The van der Waals surface area contributed by atoms with E-state index in [1.54, 1.807) is 6.92 Å². The fraction of sp³-hybridized carbons (Fsp3) is 0.417. The molecule has 0 aromatic carbocycles.